The molecule has 0 fully saturated rings. The Balaban J connectivity index is 2.31. The average Bonchev–Trinajstić information content (AvgIpc) is 2.51. The first kappa shape index (κ1) is 15.0. The highest BCUT2D eigenvalue weighted by Gasteiger charge is 2.42. The molecule has 0 N–H and O–H groups in total. The molecule has 1 atom stereocenters. The molecule has 3 rings (SSSR count). The van der Waals surface area contributed by atoms with Crippen molar-refractivity contribution in [2.75, 3.05) is 5.75 Å². The summed E-state index contributed by atoms with van der Waals surface area (Å²) in [4.78, 5) is 0.476. The Morgan fingerprint density at radius 1 is 1.18 bits per heavy atom. The first-order valence-corrected chi connectivity index (χ1v) is 9.15. The van der Waals surface area contributed by atoms with Gasteiger partial charge in [-0.15, -0.1) is 6.58 Å². The monoisotopic (exact) mass is 312 g/mol. The molecule has 22 heavy (non-hydrogen) atoms. The molecule has 0 aliphatic carbocycles. The quantitative estimate of drug-likeness (QED) is 0.802. The van der Waals surface area contributed by atoms with Gasteiger partial charge in [-0.1, -0.05) is 54.1 Å². The summed E-state index contributed by atoms with van der Waals surface area (Å²) in [5, 5.41) is 0. The van der Waals surface area contributed by atoms with E-state index in [1.54, 1.807) is 12.1 Å². The van der Waals surface area contributed by atoms with E-state index in [0.29, 0.717) is 11.3 Å². The highest BCUT2D eigenvalue weighted by atomic mass is 32.2. The number of sulfone groups is 1. The van der Waals surface area contributed by atoms with E-state index in [1.807, 2.05) is 24.3 Å². The summed E-state index contributed by atoms with van der Waals surface area (Å²) in [6, 6.07) is 15.8. The fraction of sp³-hybridized carbons (Fsp3) is 0.263. The van der Waals surface area contributed by atoms with Gasteiger partial charge < -0.3 is 0 Å². The number of benzene rings is 2. The number of hydrogen-bond donors (Lipinski definition) is 0. The molecular formula is C19H20O2S. The van der Waals surface area contributed by atoms with Gasteiger partial charge in [0.25, 0.3) is 0 Å². The van der Waals surface area contributed by atoms with E-state index in [-0.39, 0.29) is 11.2 Å². The maximum atomic E-state index is 12.4. The minimum atomic E-state index is -3.18. The lowest BCUT2D eigenvalue weighted by Gasteiger charge is -2.39. The van der Waals surface area contributed by atoms with Gasteiger partial charge >= 0.3 is 0 Å². The summed E-state index contributed by atoms with van der Waals surface area (Å²) < 4.78 is 24.9. The molecule has 1 heterocycles. The van der Waals surface area contributed by atoms with E-state index >= 15 is 0 Å². The van der Waals surface area contributed by atoms with Crippen molar-refractivity contribution in [1.82, 2.24) is 0 Å². The molecule has 0 saturated heterocycles. The van der Waals surface area contributed by atoms with Gasteiger partial charge in [-0.3, -0.25) is 0 Å². The predicted molar refractivity (Wildman–Crippen MR) is 89.9 cm³/mol. The van der Waals surface area contributed by atoms with E-state index in [0.717, 1.165) is 12.0 Å². The normalized spacial score (nSPS) is 22.8. The van der Waals surface area contributed by atoms with Crippen molar-refractivity contribution < 1.29 is 8.42 Å². The maximum Gasteiger partial charge on any atom is 0.178 e. The Bertz CT molecular complexity index is 821. The van der Waals surface area contributed by atoms with Crippen molar-refractivity contribution in [1.29, 1.82) is 0 Å². The lowest BCUT2D eigenvalue weighted by molar-refractivity contribution is 0.471. The third-order valence-corrected chi connectivity index (χ3v) is 6.37. The summed E-state index contributed by atoms with van der Waals surface area (Å²) in [6.07, 6.45) is 3.24. The zero-order valence-corrected chi connectivity index (χ0v) is 13.6. The van der Waals surface area contributed by atoms with Gasteiger partial charge in [-0.25, -0.2) is 8.42 Å². The Morgan fingerprint density at radius 3 is 2.68 bits per heavy atom. The molecule has 0 saturated carbocycles. The first-order valence-electron chi connectivity index (χ1n) is 7.50. The molecule has 2 aromatic rings. The lowest BCUT2D eigenvalue weighted by atomic mass is 9.69. The van der Waals surface area contributed by atoms with Crippen LogP contribution in [0.3, 0.4) is 0 Å². The lowest BCUT2D eigenvalue weighted by Crippen LogP contribution is -2.36. The topological polar surface area (TPSA) is 34.1 Å². The van der Waals surface area contributed by atoms with Gasteiger partial charge in [0.15, 0.2) is 9.84 Å². The second-order valence-corrected chi connectivity index (χ2v) is 8.09. The zero-order valence-electron chi connectivity index (χ0n) is 12.7. The van der Waals surface area contributed by atoms with Crippen LogP contribution in [0.25, 0.3) is 0 Å². The van der Waals surface area contributed by atoms with Crippen LogP contribution < -0.4 is 0 Å². The van der Waals surface area contributed by atoms with E-state index in [2.05, 4.69) is 31.7 Å². The van der Waals surface area contributed by atoms with Crippen molar-refractivity contribution >= 4 is 9.84 Å². The van der Waals surface area contributed by atoms with Gasteiger partial charge in [-0.2, -0.15) is 0 Å². The van der Waals surface area contributed by atoms with Gasteiger partial charge in [0, 0.05) is 5.41 Å². The molecule has 1 aliphatic heterocycles. The number of rotatable bonds is 3. The Kier molecular flexibility index (Phi) is 3.69. The largest absolute Gasteiger partial charge is 0.224 e. The third kappa shape index (κ3) is 2.30. The third-order valence-electron chi connectivity index (χ3n) is 4.60. The van der Waals surface area contributed by atoms with Crippen molar-refractivity contribution in [2.45, 2.75) is 30.1 Å². The maximum absolute atomic E-state index is 12.4. The second-order valence-electron chi connectivity index (χ2n) is 6.01. The number of fused-ring (bicyclic) bond motifs is 1. The fourth-order valence-corrected chi connectivity index (χ4v) is 5.23. The number of aryl methyl sites for hydroxylation is 1. The molecule has 114 valence electrons. The summed E-state index contributed by atoms with van der Waals surface area (Å²) in [7, 11) is -3.18. The summed E-state index contributed by atoms with van der Waals surface area (Å²) in [5.41, 5.74) is 2.98. The van der Waals surface area contributed by atoms with Gasteiger partial charge in [0.1, 0.15) is 0 Å². The molecule has 3 heteroatoms. The molecule has 2 nitrogen and oxygen atoms in total. The van der Waals surface area contributed by atoms with Crippen molar-refractivity contribution in [3.8, 4) is 0 Å². The van der Waals surface area contributed by atoms with Crippen LogP contribution >= 0.6 is 0 Å². The molecule has 0 aromatic heterocycles. The molecule has 1 aliphatic rings. The second kappa shape index (κ2) is 5.40. The van der Waals surface area contributed by atoms with Crippen molar-refractivity contribution in [2.24, 2.45) is 0 Å². The zero-order chi connectivity index (χ0) is 15.8. The highest BCUT2D eigenvalue weighted by molar-refractivity contribution is 7.91. The molecular weight excluding hydrogens is 292 g/mol. The molecule has 0 radical (unpaired) electrons. The van der Waals surface area contributed by atoms with E-state index < -0.39 is 9.84 Å². The highest BCUT2D eigenvalue weighted by Crippen LogP contribution is 2.46. The fourth-order valence-electron chi connectivity index (χ4n) is 3.51. The van der Waals surface area contributed by atoms with Crippen LogP contribution in [0.15, 0.2) is 66.1 Å². The minimum Gasteiger partial charge on any atom is -0.224 e. The van der Waals surface area contributed by atoms with E-state index in [4.69, 9.17) is 0 Å². The van der Waals surface area contributed by atoms with Crippen molar-refractivity contribution in [3.63, 3.8) is 0 Å². The van der Waals surface area contributed by atoms with Gasteiger partial charge in [-0.05, 0) is 37.0 Å². The number of hydrogen-bond acceptors (Lipinski definition) is 2. The van der Waals surface area contributed by atoms with Crippen LogP contribution in [0.4, 0.5) is 0 Å². The van der Waals surface area contributed by atoms with E-state index in [1.165, 1.54) is 11.1 Å². The molecule has 0 spiro atoms. The Hall–Kier alpha value is -1.87. The summed E-state index contributed by atoms with van der Waals surface area (Å²) in [5.74, 6) is 0.186. The molecule has 0 amide bonds. The standard InChI is InChI=1S/C19H20O2S/c1-3-11-19(16-8-6-7-15(2)14-16)12-13-22(20,21)18-10-5-4-9-17(18)19/h3-10,14H,1,11-13H2,2H3. The van der Waals surface area contributed by atoms with Gasteiger partial charge in [0.05, 0.1) is 10.6 Å². The minimum absolute atomic E-state index is 0.186. The smallest absolute Gasteiger partial charge is 0.178 e. The summed E-state index contributed by atoms with van der Waals surface area (Å²) in [6.45, 7) is 5.97. The Labute approximate surface area is 132 Å². The molecule has 2 aromatic carbocycles. The van der Waals surface area contributed by atoms with Crippen LogP contribution in [0.5, 0.6) is 0 Å². The van der Waals surface area contributed by atoms with Crippen LogP contribution in [-0.2, 0) is 15.3 Å². The van der Waals surface area contributed by atoms with Crippen LogP contribution in [0.1, 0.15) is 29.5 Å². The first-order chi connectivity index (χ1) is 10.5. The SMILES string of the molecule is C=CCC1(c2cccc(C)c2)CCS(=O)(=O)c2ccccc21. The van der Waals surface area contributed by atoms with Crippen molar-refractivity contribution in [3.05, 3.63) is 77.9 Å². The van der Waals surface area contributed by atoms with Gasteiger partial charge in [0.2, 0.25) is 0 Å². The Morgan fingerprint density at radius 2 is 1.95 bits per heavy atom. The van der Waals surface area contributed by atoms with Crippen LogP contribution in [-0.4, -0.2) is 14.2 Å². The molecule has 0 bridgehead atoms. The predicted octanol–water partition coefficient (Wildman–Crippen LogP) is 4.03. The van der Waals surface area contributed by atoms with Crippen LogP contribution in [0.2, 0.25) is 0 Å². The van der Waals surface area contributed by atoms with Crippen LogP contribution in [0, 0.1) is 6.92 Å². The number of allylic oxidation sites excluding steroid dienone is 1. The summed E-state index contributed by atoms with van der Waals surface area (Å²) >= 11 is 0. The van der Waals surface area contributed by atoms with E-state index in [9.17, 15) is 8.42 Å². The molecule has 1 unspecified atom stereocenters. The average molecular weight is 312 g/mol.